The van der Waals surface area contributed by atoms with Crippen molar-refractivity contribution in [3.63, 3.8) is 0 Å². The van der Waals surface area contributed by atoms with Crippen LogP contribution in [0, 0.1) is 11.8 Å². The van der Waals surface area contributed by atoms with E-state index in [2.05, 4.69) is 31.0 Å². The van der Waals surface area contributed by atoms with Crippen LogP contribution < -0.4 is 10.9 Å². The van der Waals surface area contributed by atoms with Gasteiger partial charge < -0.3 is 9.97 Å². The van der Waals surface area contributed by atoms with Crippen molar-refractivity contribution in [2.75, 3.05) is 0 Å². The third-order valence-electron chi connectivity index (χ3n) is 5.46. The number of hydrogen-bond donors (Lipinski definition) is 4. The molecule has 2 amide bonds. The lowest BCUT2D eigenvalue weighted by Gasteiger charge is -1.99. The summed E-state index contributed by atoms with van der Waals surface area (Å²) in [5.74, 6) is -1.31. The molecule has 154 valence electrons. The number of H-pyrrole nitrogens is 2. The van der Waals surface area contributed by atoms with E-state index in [1.54, 1.807) is 12.4 Å². The second-order valence-corrected chi connectivity index (χ2v) is 7.50. The number of amides is 2. The Morgan fingerprint density at radius 3 is 1.71 bits per heavy atom. The molecule has 1 aliphatic rings. The van der Waals surface area contributed by atoms with Gasteiger partial charge in [0.15, 0.2) is 0 Å². The molecule has 2 atom stereocenters. The topological polar surface area (TPSA) is 114 Å². The summed E-state index contributed by atoms with van der Waals surface area (Å²) < 4.78 is 0. The van der Waals surface area contributed by atoms with Gasteiger partial charge in [0.1, 0.15) is 0 Å². The number of fused-ring (bicyclic) bond motifs is 2. The smallest absolute Gasteiger partial charge is 0.244 e. The SMILES string of the molecule is O=C(N/N=C/c1c[nH]c2ccccc12)[C@H]1C[C@@H]1C(=O)N/N=C/c1c[nH]c2ccccc12. The molecule has 0 saturated heterocycles. The number of carbonyl (C=O) groups is 2. The van der Waals surface area contributed by atoms with Gasteiger partial charge in [0.2, 0.25) is 11.8 Å². The summed E-state index contributed by atoms with van der Waals surface area (Å²) in [6.07, 6.45) is 7.35. The number of hydrogen-bond acceptors (Lipinski definition) is 4. The van der Waals surface area contributed by atoms with E-state index in [1.807, 2.05) is 60.9 Å². The molecule has 2 aromatic carbocycles. The van der Waals surface area contributed by atoms with Crippen LogP contribution in [-0.4, -0.2) is 34.2 Å². The second-order valence-electron chi connectivity index (χ2n) is 7.50. The molecule has 8 heteroatoms. The highest BCUT2D eigenvalue weighted by atomic mass is 16.2. The van der Waals surface area contributed by atoms with Crippen molar-refractivity contribution in [2.24, 2.45) is 22.0 Å². The molecule has 2 aromatic heterocycles. The summed E-state index contributed by atoms with van der Waals surface area (Å²) in [5, 5.41) is 10.1. The maximum Gasteiger partial charge on any atom is 0.244 e. The Kier molecular flexibility index (Phi) is 4.80. The molecule has 0 bridgehead atoms. The number of aromatic nitrogens is 2. The minimum Gasteiger partial charge on any atom is -0.361 e. The van der Waals surface area contributed by atoms with Crippen LogP contribution in [0.1, 0.15) is 17.5 Å². The van der Waals surface area contributed by atoms with Crippen LogP contribution in [0.4, 0.5) is 0 Å². The van der Waals surface area contributed by atoms with Crippen molar-refractivity contribution in [1.29, 1.82) is 0 Å². The molecule has 0 radical (unpaired) electrons. The zero-order valence-electron chi connectivity index (χ0n) is 16.5. The lowest BCUT2D eigenvalue weighted by atomic mass is 10.2. The molecular weight excluding hydrogens is 392 g/mol. The quantitative estimate of drug-likeness (QED) is 0.288. The number of nitrogens with one attached hydrogen (secondary N) is 4. The number of benzene rings is 2. The molecule has 4 N–H and O–H groups in total. The van der Waals surface area contributed by atoms with Gasteiger partial charge in [-0.15, -0.1) is 0 Å². The Hall–Kier alpha value is -4.20. The second kappa shape index (κ2) is 7.91. The normalized spacial score (nSPS) is 18.2. The first-order chi connectivity index (χ1) is 15.2. The van der Waals surface area contributed by atoms with E-state index in [0.717, 1.165) is 32.9 Å². The predicted molar refractivity (Wildman–Crippen MR) is 120 cm³/mol. The van der Waals surface area contributed by atoms with Gasteiger partial charge in [0.05, 0.1) is 24.3 Å². The number of para-hydroxylation sites is 2. The molecule has 2 heterocycles. The molecule has 0 spiro atoms. The Morgan fingerprint density at radius 2 is 1.23 bits per heavy atom. The molecule has 1 aliphatic carbocycles. The number of carbonyl (C=O) groups excluding carboxylic acids is 2. The molecule has 1 fully saturated rings. The van der Waals surface area contributed by atoms with Crippen LogP contribution in [0.3, 0.4) is 0 Å². The van der Waals surface area contributed by atoms with E-state index < -0.39 is 0 Å². The highest BCUT2D eigenvalue weighted by Crippen LogP contribution is 2.38. The largest absolute Gasteiger partial charge is 0.361 e. The van der Waals surface area contributed by atoms with Crippen LogP contribution in [0.5, 0.6) is 0 Å². The first-order valence-corrected chi connectivity index (χ1v) is 9.99. The van der Waals surface area contributed by atoms with Crippen molar-refractivity contribution in [3.05, 3.63) is 72.1 Å². The standard InChI is InChI=1S/C23H20N6O2/c30-22(28-26-12-14-10-24-20-7-3-1-5-16(14)20)18-9-19(18)23(31)29-27-13-15-11-25-21-8-4-2-6-17(15)21/h1-8,10-13,18-19,24-25H,9H2,(H,28,30)(H,29,31)/b26-12+,27-13+/t18-,19-/m0/s1. The van der Waals surface area contributed by atoms with E-state index in [-0.39, 0.29) is 23.7 Å². The van der Waals surface area contributed by atoms with Crippen LogP contribution in [0.25, 0.3) is 21.8 Å². The van der Waals surface area contributed by atoms with Gasteiger partial charge in [-0.2, -0.15) is 10.2 Å². The summed E-state index contributed by atoms with van der Waals surface area (Å²) in [6.45, 7) is 0. The Morgan fingerprint density at radius 1 is 0.774 bits per heavy atom. The molecule has 4 aromatic rings. The zero-order chi connectivity index (χ0) is 21.2. The lowest BCUT2D eigenvalue weighted by Crippen LogP contribution is -2.25. The van der Waals surface area contributed by atoms with Gasteiger partial charge in [-0.25, -0.2) is 10.9 Å². The van der Waals surface area contributed by atoms with Crippen molar-refractivity contribution < 1.29 is 9.59 Å². The van der Waals surface area contributed by atoms with Crippen molar-refractivity contribution in [1.82, 2.24) is 20.8 Å². The van der Waals surface area contributed by atoms with E-state index >= 15 is 0 Å². The first-order valence-electron chi connectivity index (χ1n) is 9.99. The molecule has 0 unspecified atom stereocenters. The summed E-state index contributed by atoms with van der Waals surface area (Å²) in [7, 11) is 0. The molecule has 8 nitrogen and oxygen atoms in total. The monoisotopic (exact) mass is 412 g/mol. The van der Waals surface area contributed by atoms with E-state index in [1.165, 1.54) is 0 Å². The number of hydrazone groups is 2. The minimum absolute atomic E-state index is 0.267. The van der Waals surface area contributed by atoms with E-state index in [4.69, 9.17) is 0 Å². The zero-order valence-corrected chi connectivity index (χ0v) is 16.5. The fourth-order valence-electron chi connectivity index (χ4n) is 3.67. The van der Waals surface area contributed by atoms with Gasteiger partial charge in [-0.1, -0.05) is 36.4 Å². The molecular formula is C23H20N6O2. The van der Waals surface area contributed by atoms with Gasteiger partial charge >= 0.3 is 0 Å². The molecule has 5 rings (SSSR count). The van der Waals surface area contributed by atoms with Gasteiger partial charge in [0, 0.05) is 45.3 Å². The summed E-state index contributed by atoms with van der Waals surface area (Å²) in [5.41, 5.74) is 8.82. The Bertz CT molecular complexity index is 1230. The predicted octanol–water partition coefficient (Wildman–Crippen LogP) is 2.89. The fraction of sp³-hybridized carbons (Fsp3) is 0.130. The van der Waals surface area contributed by atoms with Crippen LogP contribution >= 0.6 is 0 Å². The fourth-order valence-corrected chi connectivity index (χ4v) is 3.67. The highest BCUT2D eigenvalue weighted by Gasteiger charge is 2.48. The third kappa shape index (κ3) is 3.83. The lowest BCUT2D eigenvalue weighted by molar-refractivity contribution is -0.127. The average Bonchev–Trinajstić information content (AvgIpc) is 3.35. The summed E-state index contributed by atoms with van der Waals surface area (Å²) in [6, 6.07) is 15.7. The maximum absolute atomic E-state index is 12.3. The van der Waals surface area contributed by atoms with Crippen LogP contribution in [0.2, 0.25) is 0 Å². The third-order valence-corrected chi connectivity index (χ3v) is 5.46. The summed E-state index contributed by atoms with van der Waals surface area (Å²) >= 11 is 0. The Balaban J connectivity index is 1.13. The minimum atomic E-state index is -0.386. The van der Waals surface area contributed by atoms with Gasteiger partial charge in [0.25, 0.3) is 0 Å². The molecule has 0 aliphatic heterocycles. The van der Waals surface area contributed by atoms with Crippen molar-refractivity contribution >= 4 is 46.0 Å². The molecule has 1 saturated carbocycles. The van der Waals surface area contributed by atoms with E-state index in [0.29, 0.717) is 6.42 Å². The average molecular weight is 412 g/mol. The highest BCUT2D eigenvalue weighted by molar-refractivity contribution is 6.00. The van der Waals surface area contributed by atoms with Crippen LogP contribution in [-0.2, 0) is 9.59 Å². The first kappa shape index (κ1) is 18.8. The van der Waals surface area contributed by atoms with E-state index in [9.17, 15) is 9.59 Å². The Labute approximate surface area is 177 Å². The van der Waals surface area contributed by atoms with Crippen LogP contribution in [0.15, 0.2) is 71.1 Å². The molecule has 31 heavy (non-hydrogen) atoms. The summed E-state index contributed by atoms with van der Waals surface area (Å²) in [4.78, 5) is 30.8. The van der Waals surface area contributed by atoms with Gasteiger partial charge in [-0.3, -0.25) is 9.59 Å². The number of nitrogens with zero attached hydrogens (tertiary/aromatic N) is 2. The maximum atomic E-state index is 12.3. The van der Waals surface area contributed by atoms with Gasteiger partial charge in [-0.05, 0) is 18.6 Å². The van der Waals surface area contributed by atoms with Crippen molar-refractivity contribution in [2.45, 2.75) is 6.42 Å². The van der Waals surface area contributed by atoms with Crippen molar-refractivity contribution in [3.8, 4) is 0 Å². The number of aromatic amines is 2. The number of rotatable bonds is 6.